The van der Waals surface area contributed by atoms with Crippen molar-refractivity contribution in [3.8, 4) is 6.07 Å². The number of hydrogen-bond donors (Lipinski definition) is 0. The van der Waals surface area contributed by atoms with Crippen LogP contribution in [0.15, 0.2) is 42.5 Å². The van der Waals surface area contributed by atoms with Crippen molar-refractivity contribution in [2.45, 2.75) is 25.3 Å². The molecule has 1 rings (SSSR count). The molecule has 0 unspecified atom stereocenters. The maximum Gasteiger partial charge on any atom is 0.0849 e. The molecular weight excluding hydrogens is 198 g/mol. The molecule has 0 heterocycles. The number of benzene rings is 1. The third-order valence-corrected chi connectivity index (χ3v) is 3.21. The molecule has 0 saturated carbocycles. The molecule has 0 aliphatic carbocycles. The molecule has 0 bridgehead atoms. The van der Waals surface area contributed by atoms with E-state index in [4.69, 9.17) is 5.26 Å². The molecule has 1 aromatic rings. The van der Waals surface area contributed by atoms with Crippen LogP contribution in [-0.4, -0.2) is 9.52 Å². The highest BCUT2D eigenvalue weighted by atomic mass is 28.2. The van der Waals surface area contributed by atoms with E-state index in [-0.39, 0.29) is 0 Å². The Morgan fingerprint density at radius 3 is 2.73 bits per heavy atom. The second kappa shape index (κ2) is 8.02. The van der Waals surface area contributed by atoms with E-state index in [1.165, 1.54) is 5.19 Å². The molecule has 0 fully saturated rings. The van der Waals surface area contributed by atoms with Crippen LogP contribution in [0.3, 0.4) is 0 Å². The van der Waals surface area contributed by atoms with Crippen LogP contribution in [0.4, 0.5) is 0 Å². The number of unbranched alkanes of at least 4 members (excludes halogenated alkanes) is 2. The zero-order chi connectivity index (χ0) is 10.8. The van der Waals surface area contributed by atoms with Gasteiger partial charge in [0.2, 0.25) is 0 Å². The Kier molecular flexibility index (Phi) is 6.27. The number of nitriles is 1. The lowest BCUT2D eigenvalue weighted by Gasteiger charge is -1.94. The summed E-state index contributed by atoms with van der Waals surface area (Å²) < 4.78 is 0. The smallest absolute Gasteiger partial charge is 0.0849 e. The molecule has 15 heavy (non-hydrogen) atoms. The van der Waals surface area contributed by atoms with Crippen molar-refractivity contribution in [3.05, 3.63) is 42.5 Å². The Balaban J connectivity index is 2.09. The first-order valence-electron chi connectivity index (χ1n) is 5.24. The molecule has 0 aromatic heterocycles. The van der Waals surface area contributed by atoms with Crippen molar-refractivity contribution in [1.29, 1.82) is 5.26 Å². The van der Waals surface area contributed by atoms with Crippen molar-refractivity contribution < 1.29 is 0 Å². The van der Waals surface area contributed by atoms with Gasteiger partial charge in [0, 0.05) is 6.42 Å². The average Bonchev–Trinajstić information content (AvgIpc) is 2.29. The van der Waals surface area contributed by atoms with Crippen molar-refractivity contribution in [3.63, 3.8) is 0 Å². The summed E-state index contributed by atoms with van der Waals surface area (Å²) in [5, 5.41) is 9.76. The van der Waals surface area contributed by atoms with Crippen LogP contribution in [0.2, 0.25) is 6.04 Å². The molecule has 2 heteroatoms. The lowest BCUT2D eigenvalue weighted by molar-refractivity contribution is 0.875. The maximum absolute atomic E-state index is 8.34. The standard InChI is InChI=1S/C13H15NSi/c14-11-7-2-1-3-8-12-15-13-9-5-4-6-10-13/h3-6,8-10H,1-2,7,12H2/b8-3-. The average molecular weight is 213 g/mol. The third-order valence-electron chi connectivity index (χ3n) is 2.02. The van der Waals surface area contributed by atoms with Crippen molar-refractivity contribution in [2.24, 2.45) is 0 Å². The van der Waals surface area contributed by atoms with Gasteiger partial charge < -0.3 is 0 Å². The van der Waals surface area contributed by atoms with Crippen molar-refractivity contribution in [1.82, 2.24) is 0 Å². The van der Waals surface area contributed by atoms with E-state index >= 15 is 0 Å². The van der Waals surface area contributed by atoms with Gasteiger partial charge in [-0.25, -0.2) is 0 Å². The molecule has 0 atom stereocenters. The van der Waals surface area contributed by atoms with Crippen molar-refractivity contribution >= 4 is 14.7 Å². The fourth-order valence-corrected chi connectivity index (χ4v) is 2.18. The van der Waals surface area contributed by atoms with Crippen LogP contribution in [-0.2, 0) is 0 Å². The molecule has 0 amide bonds. The predicted molar refractivity (Wildman–Crippen MR) is 65.2 cm³/mol. The van der Waals surface area contributed by atoms with E-state index in [9.17, 15) is 0 Å². The summed E-state index contributed by atoms with van der Waals surface area (Å²) in [6.07, 6.45) is 7.11. The second-order valence-electron chi connectivity index (χ2n) is 3.27. The topological polar surface area (TPSA) is 23.8 Å². The van der Waals surface area contributed by atoms with Gasteiger partial charge in [0.1, 0.15) is 0 Å². The summed E-state index contributed by atoms with van der Waals surface area (Å²) in [5.74, 6) is 0. The first kappa shape index (κ1) is 11.7. The Hall–Kier alpha value is -1.33. The van der Waals surface area contributed by atoms with Gasteiger partial charge in [-0.1, -0.05) is 47.7 Å². The third kappa shape index (κ3) is 5.87. The van der Waals surface area contributed by atoms with E-state index in [1.54, 1.807) is 0 Å². The van der Waals surface area contributed by atoms with Gasteiger partial charge >= 0.3 is 0 Å². The largest absolute Gasteiger partial charge is 0.198 e. The molecule has 0 aliphatic rings. The molecule has 0 saturated heterocycles. The quantitative estimate of drug-likeness (QED) is 0.405. The van der Waals surface area contributed by atoms with Gasteiger partial charge in [0.05, 0.1) is 15.6 Å². The lowest BCUT2D eigenvalue weighted by Crippen LogP contribution is -2.11. The summed E-state index contributed by atoms with van der Waals surface area (Å²) in [5.41, 5.74) is 0. The fraction of sp³-hybridized carbons (Fsp3) is 0.308. The molecule has 0 aliphatic heterocycles. The molecule has 1 aromatic carbocycles. The minimum atomic E-state index is 0.672. The number of nitrogens with zero attached hydrogens (tertiary/aromatic N) is 1. The number of hydrogen-bond acceptors (Lipinski definition) is 1. The van der Waals surface area contributed by atoms with E-state index in [0.29, 0.717) is 6.42 Å². The fourth-order valence-electron chi connectivity index (χ4n) is 1.23. The van der Waals surface area contributed by atoms with E-state index in [2.05, 4.69) is 42.5 Å². The van der Waals surface area contributed by atoms with E-state index in [0.717, 1.165) is 28.4 Å². The summed E-state index contributed by atoms with van der Waals surface area (Å²) >= 11 is 0. The molecule has 0 spiro atoms. The highest BCUT2D eigenvalue weighted by Gasteiger charge is 1.89. The first-order chi connectivity index (χ1) is 7.43. The molecule has 76 valence electrons. The summed E-state index contributed by atoms with van der Waals surface area (Å²) in [7, 11) is 0.865. The Labute approximate surface area is 94.3 Å². The van der Waals surface area contributed by atoms with Crippen LogP contribution in [0, 0.1) is 11.3 Å². The van der Waals surface area contributed by atoms with Gasteiger partial charge in [-0.05, 0) is 18.9 Å². The monoisotopic (exact) mass is 213 g/mol. The van der Waals surface area contributed by atoms with E-state index in [1.807, 2.05) is 6.07 Å². The lowest BCUT2D eigenvalue weighted by atomic mass is 10.2. The van der Waals surface area contributed by atoms with Crippen LogP contribution in [0.25, 0.3) is 0 Å². The maximum atomic E-state index is 8.34. The predicted octanol–water partition coefficient (Wildman–Crippen LogP) is 2.68. The SMILES string of the molecule is N#CCCC/C=C\C[Si]c1ccccc1. The molecule has 0 N–H and O–H groups in total. The summed E-state index contributed by atoms with van der Waals surface area (Å²) in [6.45, 7) is 0. The van der Waals surface area contributed by atoms with Crippen LogP contribution in [0.1, 0.15) is 19.3 Å². The molecule has 2 radical (unpaired) electrons. The minimum Gasteiger partial charge on any atom is -0.198 e. The Bertz CT molecular complexity index is 324. The highest BCUT2D eigenvalue weighted by molar-refractivity contribution is 6.53. The molecule has 1 nitrogen and oxygen atoms in total. The highest BCUT2D eigenvalue weighted by Crippen LogP contribution is 1.96. The minimum absolute atomic E-state index is 0.672. The van der Waals surface area contributed by atoms with E-state index < -0.39 is 0 Å². The van der Waals surface area contributed by atoms with Gasteiger partial charge in [-0.3, -0.25) is 0 Å². The first-order valence-corrected chi connectivity index (χ1v) is 6.45. The van der Waals surface area contributed by atoms with Gasteiger partial charge in [0.15, 0.2) is 0 Å². The van der Waals surface area contributed by atoms with Crippen LogP contribution >= 0.6 is 0 Å². The summed E-state index contributed by atoms with van der Waals surface area (Å²) in [6, 6.07) is 13.8. The summed E-state index contributed by atoms with van der Waals surface area (Å²) in [4.78, 5) is 0. The molecular formula is C13H15NSi. The normalized spacial score (nSPS) is 10.3. The van der Waals surface area contributed by atoms with Crippen LogP contribution in [0.5, 0.6) is 0 Å². The number of rotatable bonds is 6. The second-order valence-corrected chi connectivity index (χ2v) is 4.61. The zero-order valence-electron chi connectivity index (χ0n) is 8.82. The van der Waals surface area contributed by atoms with Crippen molar-refractivity contribution in [2.75, 3.05) is 0 Å². The van der Waals surface area contributed by atoms with Crippen LogP contribution < -0.4 is 5.19 Å². The number of allylic oxidation sites excluding steroid dienone is 2. The zero-order valence-corrected chi connectivity index (χ0v) is 9.82. The Morgan fingerprint density at radius 1 is 1.20 bits per heavy atom. The van der Waals surface area contributed by atoms with Gasteiger partial charge in [-0.2, -0.15) is 5.26 Å². The Morgan fingerprint density at radius 2 is 2.00 bits per heavy atom. The van der Waals surface area contributed by atoms with Gasteiger partial charge in [-0.15, -0.1) is 0 Å². The van der Waals surface area contributed by atoms with Gasteiger partial charge in [0.25, 0.3) is 0 Å².